The molecule has 0 aromatic heterocycles. The van der Waals surface area contributed by atoms with Crippen LogP contribution in [0.4, 0.5) is 0 Å². The molecule has 4 heteroatoms. The fourth-order valence-electron chi connectivity index (χ4n) is 5.38. The molecule has 1 amide bonds. The molecule has 0 aromatic carbocycles. The number of carbonyl (C=O) groups excluding carboxylic acids is 1. The van der Waals surface area contributed by atoms with Gasteiger partial charge in [-0.3, -0.25) is 4.79 Å². The molecule has 0 aromatic rings. The lowest BCUT2D eigenvalue weighted by Gasteiger charge is -2.50. The topological polar surface area (TPSA) is 32.8 Å². The van der Waals surface area contributed by atoms with Crippen LogP contribution in [0.25, 0.3) is 0 Å². The van der Waals surface area contributed by atoms with Crippen molar-refractivity contribution >= 4 is 5.91 Å². The molecule has 4 nitrogen and oxygen atoms in total. The van der Waals surface area contributed by atoms with Gasteiger partial charge in [0.1, 0.15) is 0 Å². The highest BCUT2D eigenvalue weighted by atomic mass is 16.5. The largest absolute Gasteiger partial charge is 0.381 e. The Morgan fingerprint density at radius 1 is 1.08 bits per heavy atom. The lowest BCUT2D eigenvalue weighted by atomic mass is 9.71. The Labute approximate surface area is 152 Å². The van der Waals surface area contributed by atoms with Crippen molar-refractivity contribution in [3.05, 3.63) is 12.2 Å². The minimum absolute atomic E-state index is 0.397. The molecule has 0 saturated carbocycles. The van der Waals surface area contributed by atoms with Crippen molar-refractivity contribution in [2.75, 3.05) is 39.4 Å². The molecule has 25 heavy (non-hydrogen) atoms. The maximum Gasteiger partial charge on any atom is 0.222 e. The van der Waals surface area contributed by atoms with Crippen LogP contribution in [0.3, 0.4) is 0 Å². The SMILES string of the molecule is O=C1CCC2(CCN(C[C@H]3CC=CCC3)CC2)CN1C1CCOCC1. The summed E-state index contributed by atoms with van der Waals surface area (Å²) in [4.78, 5) is 17.5. The average Bonchev–Trinajstić information content (AvgIpc) is 2.67. The first-order valence-corrected chi connectivity index (χ1v) is 10.5. The highest BCUT2D eigenvalue weighted by molar-refractivity contribution is 5.77. The van der Waals surface area contributed by atoms with Crippen molar-refractivity contribution in [1.82, 2.24) is 9.80 Å². The first kappa shape index (κ1) is 17.5. The zero-order valence-electron chi connectivity index (χ0n) is 15.6. The van der Waals surface area contributed by atoms with Crippen LogP contribution in [0.15, 0.2) is 12.2 Å². The number of allylic oxidation sites excluding steroid dienone is 2. The Morgan fingerprint density at radius 2 is 1.88 bits per heavy atom. The maximum absolute atomic E-state index is 12.5. The van der Waals surface area contributed by atoms with Crippen LogP contribution in [0.1, 0.15) is 57.8 Å². The van der Waals surface area contributed by atoms with Gasteiger partial charge in [0.05, 0.1) is 0 Å². The molecule has 0 radical (unpaired) electrons. The molecule has 4 aliphatic rings. The summed E-state index contributed by atoms with van der Waals surface area (Å²) in [6.45, 7) is 6.40. The molecule has 3 heterocycles. The molecule has 140 valence electrons. The molecule has 1 atom stereocenters. The molecule has 0 N–H and O–H groups in total. The lowest BCUT2D eigenvalue weighted by Crippen LogP contribution is -2.55. The fourth-order valence-corrected chi connectivity index (χ4v) is 5.38. The average molecular weight is 347 g/mol. The Bertz CT molecular complexity index is 490. The highest BCUT2D eigenvalue weighted by Crippen LogP contribution is 2.41. The zero-order chi connectivity index (χ0) is 17.1. The van der Waals surface area contributed by atoms with Gasteiger partial charge in [-0.2, -0.15) is 0 Å². The lowest BCUT2D eigenvalue weighted by molar-refractivity contribution is -0.144. The Morgan fingerprint density at radius 3 is 2.60 bits per heavy atom. The van der Waals surface area contributed by atoms with Crippen molar-refractivity contribution in [2.45, 2.75) is 63.8 Å². The van der Waals surface area contributed by atoms with Crippen LogP contribution in [-0.2, 0) is 9.53 Å². The summed E-state index contributed by atoms with van der Waals surface area (Å²) in [6.07, 6.45) is 15.1. The van der Waals surface area contributed by atoms with Crippen LogP contribution >= 0.6 is 0 Å². The molecular formula is C21H34N2O2. The second kappa shape index (κ2) is 7.79. The van der Waals surface area contributed by atoms with Crippen molar-refractivity contribution in [1.29, 1.82) is 0 Å². The molecular weight excluding hydrogens is 312 g/mol. The minimum Gasteiger partial charge on any atom is -0.381 e. The maximum atomic E-state index is 12.5. The van der Waals surface area contributed by atoms with Crippen LogP contribution < -0.4 is 0 Å². The summed E-state index contributed by atoms with van der Waals surface area (Å²) in [5.41, 5.74) is 0.398. The number of rotatable bonds is 3. The standard InChI is InChI=1S/C21H34N2O2/c24-20-6-9-21(17-23(20)19-7-14-25-15-8-19)10-12-22(13-11-21)16-18-4-2-1-3-5-18/h1-2,18-19H,3-17H2/t18-/m0/s1. The normalized spacial score (nSPS) is 31.6. The fraction of sp³-hybridized carbons (Fsp3) is 0.857. The predicted octanol–water partition coefficient (Wildman–Crippen LogP) is 3.23. The summed E-state index contributed by atoms with van der Waals surface area (Å²) in [5, 5.41) is 0. The summed E-state index contributed by atoms with van der Waals surface area (Å²) < 4.78 is 5.50. The van der Waals surface area contributed by atoms with Crippen molar-refractivity contribution < 1.29 is 9.53 Å². The van der Waals surface area contributed by atoms with Crippen molar-refractivity contribution in [2.24, 2.45) is 11.3 Å². The summed E-state index contributed by atoms with van der Waals surface area (Å²) in [6, 6.07) is 0.436. The van der Waals surface area contributed by atoms with Gasteiger partial charge in [0.25, 0.3) is 0 Å². The van der Waals surface area contributed by atoms with E-state index >= 15 is 0 Å². The molecule has 3 fully saturated rings. The quantitative estimate of drug-likeness (QED) is 0.736. The van der Waals surface area contributed by atoms with Gasteiger partial charge in [0.15, 0.2) is 0 Å². The predicted molar refractivity (Wildman–Crippen MR) is 99.4 cm³/mol. The van der Waals surface area contributed by atoms with E-state index < -0.39 is 0 Å². The number of ether oxygens (including phenoxy) is 1. The van der Waals surface area contributed by atoms with E-state index in [9.17, 15) is 4.79 Å². The molecule has 3 aliphatic heterocycles. The van der Waals surface area contributed by atoms with Crippen LogP contribution in [-0.4, -0.2) is 61.1 Å². The van der Waals surface area contributed by atoms with Gasteiger partial charge in [-0.15, -0.1) is 0 Å². The smallest absolute Gasteiger partial charge is 0.222 e. The van der Waals surface area contributed by atoms with E-state index in [-0.39, 0.29) is 0 Å². The highest BCUT2D eigenvalue weighted by Gasteiger charge is 2.43. The van der Waals surface area contributed by atoms with Gasteiger partial charge in [0, 0.05) is 38.8 Å². The summed E-state index contributed by atoms with van der Waals surface area (Å²) in [7, 11) is 0. The number of hydrogen-bond acceptors (Lipinski definition) is 3. The second-order valence-electron chi connectivity index (χ2n) is 8.82. The first-order valence-electron chi connectivity index (χ1n) is 10.5. The van der Waals surface area contributed by atoms with Crippen molar-refractivity contribution in [3.8, 4) is 0 Å². The Kier molecular flexibility index (Phi) is 5.47. The molecule has 3 saturated heterocycles. The van der Waals surface area contributed by atoms with Crippen LogP contribution in [0.5, 0.6) is 0 Å². The minimum atomic E-state index is 0.397. The first-order chi connectivity index (χ1) is 12.2. The van der Waals surface area contributed by atoms with E-state index in [4.69, 9.17) is 4.74 Å². The molecule has 1 aliphatic carbocycles. The van der Waals surface area contributed by atoms with E-state index in [1.165, 1.54) is 51.7 Å². The molecule has 4 rings (SSSR count). The Hall–Kier alpha value is -0.870. The molecule has 0 unspecified atom stereocenters. The van der Waals surface area contributed by atoms with Gasteiger partial charge < -0.3 is 14.5 Å². The number of likely N-dealkylation sites (tertiary alicyclic amines) is 2. The van der Waals surface area contributed by atoms with Gasteiger partial charge in [-0.25, -0.2) is 0 Å². The van der Waals surface area contributed by atoms with E-state index in [2.05, 4.69) is 22.0 Å². The zero-order valence-corrected chi connectivity index (χ0v) is 15.6. The monoisotopic (exact) mass is 346 g/mol. The van der Waals surface area contributed by atoms with Crippen LogP contribution in [0, 0.1) is 11.3 Å². The number of hydrogen-bond donors (Lipinski definition) is 0. The van der Waals surface area contributed by atoms with E-state index in [1.807, 2.05) is 0 Å². The van der Waals surface area contributed by atoms with E-state index in [0.29, 0.717) is 17.4 Å². The van der Waals surface area contributed by atoms with Gasteiger partial charge in [-0.05, 0) is 75.8 Å². The summed E-state index contributed by atoms with van der Waals surface area (Å²) >= 11 is 0. The van der Waals surface area contributed by atoms with Crippen LogP contribution in [0.2, 0.25) is 0 Å². The Balaban J connectivity index is 1.31. The molecule has 1 spiro atoms. The van der Waals surface area contributed by atoms with E-state index in [0.717, 1.165) is 51.4 Å². The van der Waals surface area contributed by atoms with Gasteiger partial charge in [0.2, 0.25) is 5.91 Å². The van der Waals surface area contributed by atoms with Crippen molar-refractivity contribution in [3.63, 3.8) is 0 Å². The molecule has 0 bridgehead atoms. The van der Waals surface area contributed by atoms with Gasteiger partial charge in [-0.1, -0.05) is 12.2 Å². The third-order valence-electron chi connectivity index (χ3n) is 7.14. The number of nitrogens with zero attached hydrogens (tertiary/aromatic N) is 2. The number of amides is 1. The summed E-state index contributed by atoms with van der Waals surface area (Å²) in [5.74, 6) is 1.26. The third kappa shape index (κ3) is 4.11. The number of piperidine rings is 2. The number of carbonyl (C=O) groups is 1. The third-order valence-corrected chi connectivity index (χ3v) is 7.14. The van der Waals surface area contributed by atoms with Gasteiger partial charge >= 0.3 is 0 Å². The second-order valence-corrected chi connectivity index (χ2v) is 8.82. The van der Waals surface area contributed by atoms with E-state index in [1.54, 1.807) is 0 Å².